The van der Waals surface area contributed by atoms with E-state index in [0.717, 1.165) is 4.47 Å². The molecule has 0 aliphatic heterocycles. The first-order valence-corrected chi connectivity index (χ1v) is 6.90. The summed E-state index contributed by atoms with van der Waals surface area (Å²) < 4.78 is 26.8. The summed E-state index contributed by atoms with van der Waals surface area (Å²) in [7, 11) is 0. The molecular formula is C13H15BrF2N2O. The Morgan fingerprint density at radius 1 is 1.37 bits per heavy atom. The van der Waals surface area contributed by atoms with E-state index in [1.54, 1.807) is 18.2 Å². The van der Waals surface area contributed by atoms with Gasteiger partial charge in [0.1, 0.15) is 0 Å². The maximum atomic E-state index is 13.0. The van der Waals surface area contributed by atoms with Crippen molar-refractivity contribution in [3.63, 3.8) is 0 Å². The molecular weight excluding hydrogens is 318 g/mol. The number of nitrogen functional groups attached to an aromatic ring is 1. The summed E-state index contributed by atoms with van der Waals surface area (Å²) in [5, 5.41) is 2.74. The predicted molar refractivity (Wildman–Crippen MR) is 74.1 cm³/mol. The van der Waals surface area contributed by atoms with Crippen LogP contribution in [0.25, 0.3) is 0 Å². The topological polar surface area (TPSA) is 55.1 Å². The molecule has 1 amide bonds. The molecule has 2 rings (SSSR count). The van der Waals surface area contributed by atoms with E-state index in [1.807, 2.05) is 0 Å². The van der Waals surface area contributed by atoms with E-state index in [4.69, 9.17) is 5.73 Å². The molecule has 1 aliphatic carbocycles. The zero-order chi connectivity index (χ0) is 14.0. The lowest BCUT2D eigenvalue weighted by molar-refractivity contribution is -0.124. The number of nitrogens with one attached hydrogen (secondary N) is 1. The Labute approximate surface area is 118 Å². The molecule has 104 valence electrons. The van der Waals surface area contributed by atoms with Gasteiger partial charge in [-0.15, -0.1) is 0 Å². The second-order valence-corrected chi connectivity index (χ2v) is 5.71. The molecule has 1 aromatic carbocycles. The Bertz CT molecular complexity index is 484. The number of carbonyl (C=O) groups is 1. The molecule has 6 heteroatoms. The third-order valence-corrected chi connectivity index (χ3v) is 4.03. The van der Waals surface area contributed by atoms with E-state index < -0.39 is 5.92 Å². The highest BCUT2D eigenvalue weighted by Gasteiger charge is 2.37. The molecule has 0 saturated heterocycles. The molecule has 1 aromatic rings. The van der Waals surface area contributed by atoms with Crippen molar-refractivity contribution in [3.05, 3.63) is 22.7 Å². The number of hydrogen-bond donors (Lipinski definition) is 2. The fourth-order valence-electron chi connectivity index (χ4n) is 2.18. The van der Waals surface area contributed by atoms with E-state index in [9.17, 15) is 13.6 Å². The van der Waals surface area contributed by atoms with Crippen LogP contribution in [0, 0.1) is 5.92 Å². The van der Waals surface area contributed by atoms with Crippen molar-refractivity contribution in [2.45, 2.75) is 31.6 Å². The molecule has 3 N–H and O–H groups in total. The first kappa shape index (κ1) is 14.2. The predicted octanol–water partition coefficient (Wildman–Crippen LogP) is 3.80. The van der Waals surface area contributed by atoms with Crippen molar-refractivity contribution < 1.29 is 13.6 Å². The van der Waals surface area contributed by atoms with Crippen LogP contribution in [0.3, 0.4) is 0 Å². The molecule has 0 bridgehead atoms. The molecule has 0 unspecified atom stereocenters. The summed E-state index contributed by atoms with van der Waals surface area (Å²) >= 11 is 3.31. The van der Waals surface area contributed by atoms with Crippen LogP contribution in [0.5, 0.6) is 0 Å². The second-order valence-electron chi connectivity index (χ2n) is 4.86. The highest BCUT2D eigenvalue weighted by Crippen LogP contribution is 2.37. The van der Waals surface area contributed by atoms with Gasteiger partial charge in [0, 0.05) is 28.9 Å². The number of hydrogen-bond acceptors (Lipinski definition) is 2. The molecule has 0 spiro atoms. The Morgan fingerprint density at radius 2 is 2.00 bits per heavy atom. The maximum absolute atomic E-state index is 13.0. The minimum atomic E-state index is -2.62. The van der Waals surface area contributed by atoms with Gasteiger partial charge in [-0.05, 0) is 47.0 Å². The number of anilines is 2. The Balaban J connectivity index is 2.00. The summed E-state index contributed by atoms with van der Waals surface area (Å²) in [6.45, 7) is 0. The second kappa shape index (κ2) is 5.45. The van der Waals surface area contributed by atoms with Crippen molar-refractivity contribution in [2.24, 2.45) is 5.92 Å². The SMILES string of the molecule is Nc1ccc(Br)c(NC(=O)C2CCC(F)(F)CC2)c1. The van der Waals surface area contributed by atoms with Gasteiger partial charge >= 0.3 is 0 Å². The van der Waals surface area contributed by atoms with Gasteiger partial charge in [0.05, 0.1) is 5.69 Å². The van der Waals surface area contributed by atoms with Crippen LogP contribution in [0.4, 0.5) is 20.2 Å². The van der Waals surface area contributed by atoms with Gasteiger partial charge in [0.25, 0.3) is 0 Å². The van der Waals surface area contributed by atoms with Gasteiger partial charge in [-0.3, -0.25) is 4.79 Å². The first-order valence-electron chi connectivity index (χ1n) is 6.11. The fourth-order valence-corrected chi connectivity index (χ4v) is 2.52. The molecule has 1 aliphatic rings. The molecule has 0 aromatic heterocycles. The number of rotatable bonds is 2. The molecule has 0 radical (unpaired) electrons. The van der Waals surface area contributed by atoms with Crippen molar-refractivity contribution in [1.82, 2.24) is 0 Å². The van der Waals surface area contributed by atoms with Crippen LogP contribution in [0.1, 0.15) is 25.7 Å². The average Bonchev–Trinajstić information content (AvgIpc) is 2.33. The van der Waals surface area contributed by atoms with Gasteiger partial charge < -0.3 is 11.1 Å². The quantitative estimate of drug-likeness (QED) is 0.809. The van der Waals surface area contributed by atoms with Crippen molar-refractivity contribution in [1.29, 1.82) is 0 Å². The van der Waals surface area contributed by atoms with Gasteiger partial charge in [-0.2, -0.15) is 0 Å². The van der Waals surface area contributed by atoms with Gasteiger partial charge in [0.15, 0.2) is 0 Å². The van der Waals surface area contributed by atoms with Gasteiger partial charge in [-0.25, -0.2) is 8.78 Å². The standard InChI is InChI=1S/C13H15BrF2N2O/c14-10-2-1-9(17)7-11(10)18-12(19)8-3-5-13(15,16)6-4-8/h1-2,7-8H,3-6,17H2,(H,18,19). The minimum Gasteiger partial charge on any atom is -0.399 e. The van der Waals surface area contributed by atoms with Gasteiger partial charge in [-0.1, -0.05) is 0 Å². The molecule has 19 heavy (non-hydrogen) atoms. The monoisotopic (exact) mass is 332 g/mol. The van der Waals surface area contributed by atoms with Crippen LogP contribution in [0.2, 0.25) is 0 Å². The Kier molecular flexibility index (Phi) is 4.08. The Morgan fingerprint density at radius 3 is 2.63 bits per heavy atom. The lowest BCUT2D eigenvalue weighted by Gasteiger charge is -2.27. The number of alkyl halides is 2. The number of nitrogens with two attached hydrogens (primary N) is 1. The number of amides is 1. The van der Waals surface area contributed by atoms with E-state index in [-0.39, 0.29) is 37.5 Å². The zero-order valence-corrected chi connectivity index (χ0v) is 11.8. The smallest absolute Gasteiger partial charge is 0.248 e. The van der Waals surface area contributed by atoms with Crippen LogP contribution in [0.15, 0.2) is 22.7 Å². The first-order chi connectivity index (χ1) is 8.87. The highest BCUT2D eigenvalue weighted by atomic mass is 79.9. The average molecular weight is 333 g/mol. The number of benzene rings is 1. The highest BCUT2D eigenvalue weighted by molar-refractivity contribution is 9.10. The summed E-state index contributed by atoms with van der Waals surface area (Å²) in [5.74, 6) is -3.19. The molecule has 0 atom stereocenters. The van der Waals surface area contributed by atoms with E-state index in [2.05, 4.69) is 21.2 Å². The molecule has 0 heterocycles. The van der Waals surface area contributed by atoms with Crippen LogP contribution >= 0.6 is 15.9 Å². The van der Waals surface area contributed by atoms with E-state index in [0.29, 0.717) is 11.4 Å². The van der Waals surface area contributed by atoms with Crippen molar-refractivity contribution >= 4 is 33.2 Å². The lowest BCUT2D eigenvalue weighted by atomic mass is 9.86. The molecule has 3 nitrogen and oxygen atoms in total. The Hall–Kier alpha value is -1.17. The maximum Gasteiger partial charge on any atom is 0.248 e. The van der Waals surface area contributed by atoms with Crippen LogP contribution in [-0.2, 0) is 4.79 Å². The van der Waals surface area contributed by atoms with Crippen LogP contribution in [-0.4, -0.2) is 11.8 Å². The number of halogens is 3. The third kappa shape index (κ3) is 3.65. The number of carbonyl (C=O) groups excluding carboxylic acids is 1. The fraction of sp³-hybridized carbons (Fsp3) is 0.462. The normalized spacial score (nSPS) is 19.1. The third-order valence-electron chi connectivity index (χ3n) is 3.34. The van der Waals surface area contributed by atoms with E-state index >= 15 is 0 Å². The summed E-state index contributed by atoms with van der Waals surface area (Å²) in [4.78, 5) is 12.0. The van der Waals surface area contributed by atoms with E-state index in [1.165, 1.54) is 0 Å². The summed E-state index contributed by atoms with van der Waals surface area (Å²) in [6, 6.07) is 5.08. The largest absolute Gasteiger partial charge is 0.399 e. The zero-order valence-electron chi connectivity index (χ0n) is 10.3. The lowest BCUT2D eigenvalue weighted by Crippen LogP contribution is -2.31. The summed E-state index contributed by atoms with van der Waals surface area (Å²) in [6.07, 6.45) is 0.00387. The van der Waals surface area contributed by atoms with Gasteiger partial charge in [0.2, 0.25) is 11.8 Å². The molecule has 1 saturated carbocycles. The van der Waals surface area contributed by atoms with Crippen LogP contribution < -0.4 is 11.1 Å². The summed E-state index contributed by atoms with van der Waals surface area (Å²) in [5.41, 5.74) is 6.75. The van der Waals surface area contributed by atoms with Crippen molar-refractivity contribution in [3.8, 4) is 0 Å². The van der Waals surface area contributed by atoms with Crippen molar-refractivity contribution in [2.75, 3.05) is 11.1 Å². The molecule has 1 fully saturated rings. The minimum absolute atomic E-state index is 0.219.